The Balaban J connectivity index is 2.10. The lowest BCUT2D eigenvalue weighted by Crippen LogP contribution is -2.12. The predicted octanol–water partition coefficient (Wildman–Crippen LogP) is 4.56. The van der Waals surface area contributed by atoms with Crippen molar-refractivity contribution in [1.82, 2.24) is 9.55 Å². The molecule has 102 valence electrons. The Bertz CT molecular complexity index is 683. The van der Waals surface area contributed by atoms with E-state index in [9.17, 15) is 8.78 Å². The molecule has 0 spiro atoms. The minimum Gasteiger partial charge on any atom is -0.330 e. The van der Waals surface area contributed by atoms with Crippen LogP contribution in [0.3, 0.4) is 0 Å². The van der Waals surface area contributed by atoms with Gasteiger partial charge in [0.25, 0.3) is 0 Å². The van der Waals surface area contributed by atoms with Crippen LogP contribution in [0.5, 0.6) is 0 Å². The van der Waals surface area contributed by atoms with Crippen molar-refractivity contribution in [3.8, 4) is 0 Å². The average molecular weight is 282 g/mol. The van der Waals surface area contributed by atoms with E-state index in [2.05, 4.69) is 11.9 Å². The maximum Gasteiger partial charge on any atom is 0.184 e. The van der Waals surface area contributed by atoms with E-state index >= 15 is 0 Å². The number of hydrogen-bond donors (Lipinski definition) is 1. The number of nitrogens with zero attached hydrogens (tertiary/aromatic N) is 1. The van der Waals surface area contributed by atoms with Crippen molar-refractivity contribution in [3.05, 3.63) is 28.5 Å². The fourth-order valence-electron chi connectivity index (χ4n) is 2.87. The maximum atomic E-state index is 14.0. The number of H-pyrrole nitrogens is 1. The van der Waals surface area contributed by atoms with Crippen molar-refractivity contribution in [2.45, 2.75) is 39.2 Å². The molecule has 0 amide bonds. The molecule has 5 heteroatoms. The smallest absolute Gasteiger partial charge is 0.184 e. The monoisotopic (exact) mass is 282 g/mol. The lowest BCUT2D eigenvalue weighted by molar-refractivity contribution is 0.388. The molecular formula is C14H16F2N2S. The molecule has 1 aliphatic carbocycles. The van der Waals surface area contributed by atoms with E-state index < -0.39 is 11.6 Å². The van der Waals surface area contributed by atoms with E-state index in [1.165, 1.54) is 0 Å². The summed E-state index contributed by atoms with van der Waals surface area (Å²) in [5, 5.41) is 0. The molecule has 1 aromatic heterocycles. The van der Waals surface area contributed by atoms with E-state index in [1.807, 2.05) is 0 Å². The van der Waals surface area contributed by atoms with Gasteiger partial charge in [0.05, 0.1) is 5.52 Å². The van der Waals surface area contributed by atoms with E-state index in [-0.39, 0.29) is 10.9 Å². The molecule has 1 heterocycles. The van der Waals surface area contributed by atoms with Crippen LogP contribution < -0.4 is 0 Å². The SMILES string of the molecule is CCCC1(Cn2c(=S)[nH]c3ccc(F)c(F)c32)CC1. The summed E-state index contributed by atoms with van der Waals surface area (Å²) in [6.07, 6.45) is 4.50. The summed E-state index contributed by atoms with van der Waals surface area (Å²) in [4.78, 5) is 2.96. The number of benzene rings is 1. The summed E-state index contributed by atoms with van der Waals surface area (Å²) in [5.41, 5.74) is 1.07. The Kier molecular flexibility index (Phi) is 2.96. The van der Waals surface area contributed by atoms with Crippen LogP contribution >= 0.6 is 12.2 Å². The molecule has 0 atom stereocenters. The molecule has 0 unspecified atom stereocenters. The van der Waals surface area contributed by atoms with Crippen LogP contribution in [0.4, 0.5) is 8.78 Å². The highest BCUT2D eigenvalue weighted by molar-refractivity contribution is 7.71. The van der Waals surface area contributed by atoms with Gasteiger partial charge in [-0.05, 0) is 49.0 Å². The summed E-state index contributed by atoms with van der Waals surface area (Å²) >= 11 is 5.25. The van der Waals surface area contributed by atoms with Crippen molar-refractivity contribution in [1.29, 1.82) is 0 Å². The molecule has 1 aliphatic rings. The summed E-state index contributed by atoms with van der Waals surface area (Å²) in [7, 11) is 0. The zero-order valence-electron chi connectivity index (χ0n) is 10.8. The van der Waals surface area contributed by atoms with Gasteiger partial charge in [-0.2, -0.15) is 0 Å². The second-order valence-electron chi connectivity index (χ2n) is 5.52. The van der Waals surface area contributed by atoms with Crippen LogP contribution in [0, 0.1) is 21.8 Å². The molecule has 2 aromatic rings. The number of nitrogens with one attached hydrogen (secondary N) is 1. The number of aromatic nitrogens is 2. The Labute approximate surface area is 115 Å². The first-order valence-corrected chi connectivity index (χ1v) is 7.04. The number of fused-ring (bicyclic) bond motifs is 1. The molecule has 1 saturated carbocycles. The zero-order chi connectivity index (χ0) is 13.6. The maximum absolute atomic E-state index is 14.0. The van der Waals surface area contributed by atoms with E-state index in [0.717, 1.165) is 31.7 Å². The normalized spacial score (nSPS) is 17.0. The summed E-state index contributed by atoms with van der Waals surface area (Å²) in [6, 6.07) is 2.67. The first-order valence-electron chi connectivity index (χ1n) is 6.63. The first-order chi connectivity index (χ1) is 9.06. The first kappa shape index (κ1) is 12.8. The van der Waals surface area contributed by atoms with Crippen LogP contribution in [-0.4, -0.2) is 9.55 Å². The van der Waals surface area contributed by atoms with Crippen molar-refractivity contribution >= 4 is 23.3 Å². The lowest BCUT2D eigenvalue weighted by Gasteiger charge is -2.15. The number of halogens is 2. The second-order valence-corrected chi connectivity index (χ2v) is 5.91. The predicted molar refractivity (Wildman–Crippen MR) is 73.6 cm³/mol. The molecule has 1 N–H and O–H groups in total. The Morgan fingerprint density at radius 2 is 2.11 bits per heavy atom. The molecule has 1 fully saturated rings. The highest BCUT2D eigenvalue weighted by Crippen LogP contribution is 2.51. The fourth-order valence-corrected chi connectivity index (χ4v) is 3.14. The van der Waals surface area contributed by atoms with Crippen molar-refractivity contribution < 1.29 is 8.78 Å². The third kappa shape index (κ3) is 2.10. The summed E-state index contributed by atoms with van der Waals surface area (Å²) in [5.74, 6) is -1.63. The van der Waals surface area contributed by atoms with Crippen LogP contribution in [-0.2, 0) is 6.54 Å². The highest BCUT2D eigenvalue weighted by atomic mass is 32.1. The Morgan fingerprint density at radius 3 is 2.74 bits per heavy atom. The van der Waals surface area contributed by atoms with Gasteiger partial charge in [-0.3, -0.25) is 0 Å². The topological polar surface area (TPSA) is 20.7 Å². The molecular weight excluding hydrogens is 266 g/mol. The van der Waals surface area contributed by atoms with Gasteiger partial charge in [0.1, 0.15) is 5.52 Å². The quantitative estimate of drug-likeness (QED) is 0.815. The Morgan fingerprint density at radius 1 is 1.37 bits per heavy atom. The van der Waals surface area contributed by atoms with E-state index in [4.69, 9.17) is 12.2 Å². The van der Waals surface area contributed by atoms with Gasteiger partial charge in [-0.25, -0.2) is 8.78 Å². The second kappa shape index (κ2) is 4.40. The summed E-state index contributed by atoms with van der Waals surface area (Å²) in [6.45, 7) is 2.83. The third-order valence-electron chi connectivity index (χ3n) is 4.06. The fraction of sp³-hybridized carbons (Fsp3) is 0.500. The van der Waals surface area contributed by atoms with Gasteiger partial charge in [0.2, 0.25) is 0 Å². The third-order valence-corrected chi connectivity index (χ3v) is 4.38. The van der Waals surface area contributed by atoms with Gasteiger partial charge in [-0.15, -0.1) is 0 Å². The number of aromatic amines is 1. The molecule has 0 bridgehead atoms. The average Bonchev–Trinajstić information content (AvgIpc) is 3.05. The molecule has 2 nitrogen and oxygen atoms in total. The van der Waals surface area contributed by atoms with Gasteiger partial charge >= 0.3 is 0 Å². The molecule has 0 aliphatic heterocycles. The van der Waals surface area contributed by atoms with Gasteiger partial charge in [-0.1, -0.05) is 13.3 Å². The zero-order valence-corrected chi connectivity index (χ0v) is 11.6. The minimum atomic E-state index is -0.824. The largest absolute Gasteiger partial charge is 0.330 e. The lowest BCUT2D eigenvalue weighted by atomic mass is 10.0. The van der Waals surface area contributed by atoms with E-state index in [1.54, 1.807) is 10.6 Å². The van der Waals surface area contributed by atoms with Gasteiger partial charge in [0.15, 0.2) is 16.4 Å². The van der Waals surface area contributed by atoms with Crippen LogP contribution in [0.25, 0.3) is 11.0 Å². The van der Waals surface area contributed by atoms with Gasteiger partial charge in [0, 0.05) is 6.54 Å². The van der Waals surface area contributed by atoms with Crippen LogP contribution in [0.1, 0.15) is 32.6 Å². The van der Waals surface area contributed by atoms with Crippen LogP contribution in [0.15, 0.2) is 12.1 Å². The number of imidazole rings is 1. The van der Waals surface area contributed by atoms with Crippen LogP contribution in [0.2, 0.25) is 0 Å². The standard InChI is InChI=1S/C14H16F2N2S/c1-2-5-14(6-7-14)8-18-12-10(17-13(18)19)4-3-9(15)11(12)16/h3-4H,2,5-8H2,1H3,(H,17,19). The highest BCUT2D eigenvalue weighted by Gasteiger charge is 2.42. The summed E-state index contributed by atoms with van der Waals surface area (Å²) < 4.78 is 29.6. The number of rotatable bonds is 4. The van der Waals surface area contributed by atoms with Crippen molar-refractivity contribution in [2.24, 2.45) is 5.41 Å². The molecule has 3 rings (SSSR count). The molecule has 0 saturated heterocycles. The van der Waals surface area contributed by atoms with Gasteiger partial charge < -0.3 is 9.55 Å². The molecule has 19 heavy (non-hydrogen) atoms. The van der Waals surface area contributed by atoms with Crippen molar-refractivity contribution in [2.75, 3.05) is 0 Å². The minimum absolute atomic E-state index is 0.237. The van der Waals surface area contributed by atoms with Crippen molar-refractivity contribution in [3.63, 3.8) is 0 Å². The Hall–Kier alpha value is -1.23. The molecule has 0 radical (unpaired) electrons. The molecule has 1 aromatic carbocycles. The number of hydrogen-bond acceptors (Lipinski definition) is 1. The van der Waals surface area contributed by atoms with E-state index in [0.29, 0.717) is 16.8 Å².